The van der Waals surface area contributed by atoms with Crippen molar-refractivity contribution in [3.63, 3.8) is 0 Å². The van der Waals surface area contributed by atoms with Gasteiger partial charge in [-0.25, -0.2) is 4.39 Å². The van der Waals surface area contributed by atoms with Gasteiger partial charge in [0.05, 0.1) is 15.5 Å². The molecule has 4 rings (SSSR count). The van der Waals surface area contributed by atoms with Crippen LogP contribution < -0.4 is 10.6 Å². The number of halogens is 3. The number of amides is 2. The van der Waals surface area contributed by atoms with Crippen LogP contribution in [0.4, 0.5) is 10.1 Å². The molecule has 1 spiro atoms. The van der Waals surface area contributed by atoms with E-state index in [0.717, 1.165) is 12.1 Å². The molecule has 0 bridgehead atoms. The molecule has 3 heterocycles. The molecule has 2 N–H and O–H groups in total. The highest BCUT2D eigenvalue weighted by molar-refractivity contribution is 6.42. The summed E-state index contributed by atoms with van der Waals surface area (Å²) in [7, 11) is 0. The topological polar surface area (TPSA) is 61.4 Å². The Kier molecular flexibility index (Phi) is 3.98. The summed E-state index contributed by atoms with van der Waals surface area (Å²) in [5.41, 5.74) is -1.42. The summed E-state index contributed by atoms with van der Waals surface area (Å²) >= 11 is 12.2. The second-order valence-corrected chi connectivity index (χ2v) is 7.88. The van der Waals surface area contributed by atoms with Gasteiger partial charge >= 0.3 is 0 Å². The van der Waals surface area contributed by atoms with Gasteiger partial charge in [-0.05, 0) is 43.5 Å². The van der Waals surface area contributed by atoms with E-state index in [4.69, 9.17) is 23.2 Å². The third-order valence-electron chi connectivity index (χ3n) is 5.53. The van der Waals surface area contributed by atoms with Gasteiger partial charge in [-0.1, -0.05) is 23.2 Å². The molecule has 25 heavy (non-hydrogen) atoms. The molecule has 2 fully saturated rings. The minimum absolute atomic E-state index is 0.0273. The van der Waals surface area contributed by atoms with Crippen molar-refractivity contribution in [3.8, 4) is 0 Å². The van der Waals surface area contributed by atoms with Gasteiger partial charge in [-0.15, -0.1) is 0 Å². The Morgan fingerprint density at radius 1 is 1.24 bits per heavy atom. The third-order valence-corrected chi connectivity index (χ3v) is 6.25. The van der Waals surface area contributed by atoms with Crippen LogP contribution in [-0.2, 0) is 15.0 Å². The number of carbonyl (C=O) groups excluding carboxylic acids is 2. The Hall–Kier alpha value is -1.37. The SMILES string of the molecule is O=C(N1CC[C@]2(C1)C(=O)Nc1cc(Cl)c(Cl)cc12)[C@]1(F)CCCNC1. The molecule has 0 radical (unpaired) electrons. The number of fused-ring (bicyclic) bond motifs is 2. The monoisotopic (exact) mass is 385 g/mol. The van der Waals surface area contributed by atoms with E-state index in [1.807, 2.05) is 0 Å². The van der Waals surface area contributed by atoms with Gasteiger partial charge in [0.2, 0.25) is 11.6 Å². The predicted octanol–water partition coefficient (Wildman–Crippen LogP) is 2.51. The van der Waals surface area contributed by atoms with Gasteiger partial charge in [0.25, 0.3) is 5.91 Å². The summed E-state index contributed by atoms with van der Waals surface area (Å²) in [6.07, 6.45) is 1.28. The van der Waals surface area contributed by atoms with E-state index in [1.165, 1.54) is 4.90 Å². The highest BCUT2D eigenvalue weighted by Gasteiger charge is 2.55. The number of piperidine rings is 1. The first-order valence-corrected chi connectivity index (χ1v) is 9.11. The first-order valence-electron chi connectivity index (χ1n) is 8.36. The summed E-state index contributed by atoms with van der Waals surface area (Å²) in [6.45, 7) is 1.25. The van der Waals surface area contributed by atoms with Crippen LogP contribution in [0.25, 0.3) is 0 Å². The molecule has 2 atom stereocenters. The molecule has 1 aromatic rings. The maximum atomic E-state index is 15.0. The van der Waals surface area contributed by atoms with Gasteiger partial charge < -0.3 is 15.5 Å². The Balaban J connectivity index is 1.63. The molecule has 3 aliphatic rings. The molecule has 2 saturated heterocycles. The third kappa shape index (κ3) is 2.54. The van der Waals surface area contributed by atoms with Crippen molar-refractivity contribution >= 4 is 40.7 Å². The molecule has 5 nitrogen and oxygen atoms in total. The number of hydrogen-bond acceptors (Lipinski definition) is 3. The van der Waals surface area contributed by atoms with Crippen LogP contribution in [-0.4, -0.2) is 48.6 Å². The van der Waals surface area contributed by atoms with Crippen molar-refractivity contribution in [2.45, 2.75) is 30.3 Å². The number of anilines is 1. The molecule has 0 unspecified atom stereocenters. The van der Waals surface area contributed by atoms with E-state index < -0.39 is 17.0 Å². The van der Waals surface area contributed by atoms with E-state index in [-0.39, 0.29) is 25.4 Å². The Morgan fingerprint density at radius 3 is 2.72 bits per heavy atom. The normalized spacial score (nSPS) is 31.3. The lowest BCUT2D eigenvalue weighted by Crippen LogP contribution is -2.54. The number of benzene rings is 1. The molecular formula is C17H18Cl2FN3O2. The number of carbonyl (C=O) groups is 2. The Bertz CT molecular complexity index is 767. The second kappa shape index (κ2) is 5.83. The van der Waals surface area contributed by atoms with Crippen LogP contribution in [0.15, 0.2) is 12.1 Å². The summed E-state index contributed by atoms with van der Waals surface area (Å²) in [4.78, 5) is 26.9. The van der Waals surface area contributed by atoms with E-state index in [0.29, 0.717) is 35.1 Å². The van der Waals surface area contributed by atoms with Crippen molar-refractivity contribution in [3.05, 3.63) is 27.7 Å². The van der Waals surface area contributed by atoms with Crippen molar-refractivity contribution in [2.75, 3.05) is 31.5 Å². The van der Waals surface area contributed by atoms with Crippen LogP contribution >= 0.6 is 23.2 Å². The molecule has 2 amide bonds. The largest absolute Gasteiger partial charge is 0.338 e. The molecular weight excluding hydrogens is 368 g/mol. The summed E-state index contributed by atoms with van der Waals surface area (Å²) < 4.78 is 15.0. The van der Waals surface area contributed by atoms with Crippen molar-refractivity contribution in [2.24, 2.45) is 0 Å². The van der Waals surface area contributed by atoms with Crippen LogP contribution in [0.5, 0.6) is 0 Å². The van der Waals surface area contributed by atoms with Crippen LogP contribution in [0.1, 0.15) is 24.8 Å². The number of alkyl halides is 1. The first-order chi connectivity index (χ1) is 11.9. The fourth-order valence-electron chi connectivity index (χ4n) is 4.13. The fourth-order valence-corrected chi connectivity index (χ4v) is 4.46. The Morgan fingerprint density at radius 2 is 2.00 bits per heavy atom. The number of likely N-dealkylation sites (tertiary alicyclic amines) is 1. The minimum atomic E-state index is -1.89. The molecule has 0 aliphatic carbocycles. The standard InChI is InChI=1S/C17H18Cl2FN3O2/c18-11-6-10-13(7-12(11)19)22-14(24)16(10)3-5-23(9-16)15(25)17(20)2-1-4-21-8-17/h6-7,21H,1-5,8-9H2,(H,22,24)/t16-,17+/m1/s1. The second-order valence-electron chi connectivity index (χ2n) is 7.07. The predicted molar refractivity (Wildman–Crippen MR) is 93.9 cm³/mol. The zero-order valence-corrected chi connectivity index (χ0v) is 15.0. The number of rotatable bonds is 1. The highest BCUT2D eigenvalue weighted by atomic mass is 35.5. The maximum Gasteiger partial charge on any atom is 0.261 e. The van der Waals surface area contributed by atoms with Crippen LogP contribution in [0.3, 0.4) is 0 Å². The van der Waals surface area contributed by atoms with Gasteiger partial charge in [0.15, 0.2) is 0 Å². The molecule has 134 valence electrons. The van der Waals surface area contributed by atoms with Gasteiger partial charge in [0, 0.05) is 25.3 Å². The zero-order valence-electron chi connectivity index (χ0n) is 13.5. The summed E-state index contributed by atoms with van der Waals surface area (Å²) in [5.74, 6) is -0.719. The highest BCUT2D eigenvalue weighted by Crippen LogP contribution is 2.47. The van der Waals surface area contributed by atoms with Crippen molar-refractivity contribution in [1.29, 1.82) is 0 Å². The van der Waals surface area contributed by atoms with Gasteiger partial charge in [0.1, 0.15) is 0 Å². The lowest BCUT2D eigenvalue weighted by atomic mass is 9.81. The lowest BCUT2D eigenvalue weighted by molar-refractivity contribution is -0.144. The molecule has 0 aromatic heterocycles. The lowest BCUT2D eigenvalue weighted by Gasteiger charge is -2.33. The molecule has 8 heteroatoms. The van der Waals surface area contributed by atoms with E-state index in [2.05, 4.69) is 10.6 Å². The van der Waals surface area contributed by atoms with E-state index >= 15 is 4.39 Å². The van der Waals surface area contributed by atoms with Crippen molar-refractivity contribution < 1.29 is 14.0 Å². The summed E-state index contributed by atoms with van der Waals surface area (Å²) in [5, 5.41) is 6.49. The molecule has 1 aromatic carbocycles. The van der Waals surface area contributed by atoms with Crippen LogP contribution in [0, 0.1) is 0 Å². The zero-order chi connectivity index (χ0) is 17.8. The summed E-state index contributed by atoms with van der Waals surface area (Å²) in [6, 6.07) is 3.30. The van der Waals surface area contributed by atoms with E-state index in [9.17, 15) is 9.59 Å². The van der Waals surface area contributed by atoms with Gasteiger partial charge in [-0.2, -0.15) is 0 Å². The average Bonchev–Trinajstić information content (AvgIpc) is 3.13. The Labute approximate surface area is 154 Å². The minimum Gasteiger partial charge on any atom is -0.338 e. The molecule has 3 aliphatic heterocycles. The maximum absolute atomic E-state index is 15.0. The smallest absolute Gasteiger partial charge is 0.261 e. The van der Waals surface area contributed by atoms with Gasteiger partial charge in [-0.3, -0.25) is 9.59 Å². The number of hydrogen-bond donors (Lipinski definition) is 2. The average molecular weight is 386 g/mol. The van der Waals surface area contributed by atoms with Crippen LogP contribution in [0.2, 0.25) is 10.0 Å². The number of nitrogens with zero attached hydrogens (tertiary/aromatic N) is 1. The molecule has 0 saturated carbocycles. The first kappa shape index (κ1) is 17.1. The van der Waals surface area contributed by atoms with Crippen molar-refractivity contribution in [1.82, 2.24) is 10.2 Å². The van der Waals surface area contributed by atoms with E-state index in [1.54, 1.807) is 12.1 Å². The number of nitrogens with one attached hydrogen (secondary N) is 2. The fraction of sp³-hybridized carbons (Fsp3) is 0.529. The quantitative estimate of drug-likeness (QED) is 0.780.